The van der Waals surface area contributed by atoms with E-state index in [4.69, 9.17) is 16.3 Å². The number of nitrogens with zero attached hydrogens (tertiary/aromatic N) is 2. The van der Waals surface area contributed by atoms with Crippen LogP contribution in [0.3, 0.4) is 0 Å². The zero-order chi connectivity index (χ0) is 19.3. The maximum atomic E-state index is 12.1. The van der Waals surface area contributed by atoms with Crippen LogP contribution in [0.4, 0.5) is 0 Å². The molecule has 1 saturated heterocycles. The van der Waals surface area contributed by atoms with Crippen molar-refractivity contribution in [1.82, 2.24) is 9.21 Å². The molecule has 0 saturated carbocycles. The van der Waals surface area contributed by atoms with Crippen LogP contribution in [0.25, 0.3) is 0 Å². The number of halogens is 1. The summed E-state index contributed by atoms with van der Waals surface area (Å²) in [7, 11) is -0.308. The molecule has 1 N–H and O–H groups in total. The van der Waals surface area contributed by atoms with Crippen molar-refractivity contribution in [3.8, 4) is 5.75 Å². The van der Waals surface area contributed by atoms with E-state index in [2.05, 4.69) is 18.7 Å². The lowest BCUT2D eigenvalue weighted by molar-refractivity contribution is 0.148. The topological polar surface area (TPSA) is 70.1 Å². The molecule has 1 aromatic carbocycles. The van der Waals surface area contributed by atoms with E-state index >= 15 is 0 Å². The smallest absolute Gasteiger partial charge is 0.214 e. The zero-order valence-electron chi connectivity index (χ0n) is 15.7. The second kappa shape index (κ2) is 6.95. The van der Waals surface area contributed by atoms with Gasteiger partial charge in [-0.1, -0.05) is 25.4 Å². The first-order valence-corrected chi connectivity index (χ1v) is 10.7. The Morgan fingerprint density at radius 3 is 2.69 bits per heavy atom. The van der Waals surface area contributed by atoms with Gasteiger partial charge in [-0.15, -0.1) is 0 Å². The van der Waals surface area contributed by atoms with Gasteiger partial charge in [0.1, 0.15) is 5.75 Å². The molecule has 3 rings (SSSR count). The number of sulfonamides is 1. The van der Waals surface area contributed by atoms with Crippen molar-refractivity contribution in [2.45, 2.75) is 31.9 Å². The standard InChI is InChI=1S/C18H27ClN2O4S/c1-18(2)11-25-17-12(5-14(19)6-15(17)18)7-21-8-13(16(22)9-21)10-26(23,24)20(3)4/h5-6,13,16,22H,7-11H2,1-4H3/t13-,16+/m0/s1. The Kier molecular flexibility index (Phi) is 5.31. The quantitative estimate of drug-likeness (QED) is 0.811. The Morgan fingerprint density at radius 1 is 1.35 bits per heavy atom. The molecule has 0 bridgehead atoms. The summed E-state index contributed by atoms with van der Waals surface area (Å²) in [6, 6.07) is 3.86. The minimum Gasteiger partial charge on any atom is -0.492 e. The van der Waals surface area contributed by atoms with E-state index in [-0.39, 0.29) is 17.1 Å². The maximum Gasteiger partial charge on any atom is 0.214 e. The summed E-state index contributed by atoms with van der Waals surface area (Å²) in [6.07, 6.45) is -0.658. The highest BCUT2D eigenvalue weighted by Gasteiger charge is 2.37. The molecule has 1 aromatic rings. The lowest BCUT2D eigenvalue weighted by Gasteiger charge is -2.19. The van der Waals surface area contributed by atoms with Gasteiger partial charge >= 0.3 is 0 Å². The van der Waals surface area contributed by atoms with Crippen LogP contribution < -0.4 is 4.74 Å². The van der Waals surface area contributed by atoms with Gasteiger partial charge in [-0.25, -0.2) is 12.7 Å². The lowest BCUT2D eigenvalue weighted by atomic mass is 9.86. The molecule has 2 heterocycles. The molecular formula is C18H27ClN2O4S. The van der Waals surface area contributed by atoms with Gasteiger partial charge in [-0.3, -0.25) is 4.90 Å². The van der Waals surface area contributed by atoms with Crippen molar-refractivity contribution >= 4 is 21.6 Å². The van der Waals surface area contributed by atoms with Crippen molar-refractivity contribution < 1.29 is 18.3 Å². The molecule has 2 aliphatic heterocycles. The number of β-amino-alcohol motifs (C(OH)–C–C–N with tert-alkyl or cyclic N) is 1. The molecule has 2 aliphatic rings. The molecule has 0 unspecified atom stereocenters. The number of hydrogen-bond acceptors (Lipinski definition) is 5. The van der Waals surface area contributed by atoms with Crippen molar-refractivity contribution in [3.63, 3.8) is 0 Å². The first-order valence-electron chi connectivity index (χ1n) is 8.76. The van der Waals surface area contributed by atoms with Gasteiger partial charge < -0.3 is 9.84 Å². The van der Waals surface area contributed by atoms with Crippen LogP contribution in [0.1, 0.15) is 25.0 Å². The van der Waals surface area contributed by atoms with E-state index in [0.717, 1.165) is 16.9 Å². The highest BCUT2D eigenvalue weighted by Crippen LogP contribution is 2.43. The summed E-state index contributed by atoms with van der Waals surface area (Å²) >= 11 is 6.31. The number of ether oxygens (including phenoxy) is 1. The van der Waals surface area contributed by atoms with Gasteiger partial charge in [0.2, 0.25) is 10.0 Å². The van der Waals surface area contributed by atoms with Crippen LogP contribution in [0.5, 0.6) is 5.75 Å². The van der Waals surface area contributed by atoms with Crippen LogP contribution in [0, 0.1) is 5.92 Å². The van der Waals surface area contributed by atoms with E-state index in [0.29, 0.717) is 31.3 Å². The fraction of sp³-hybridized carbons (Fsp3) is 0.667. The molecule has 0 spiro atoms. The van der Waals surface area contributed by atoms with Crippen molar-refractivity contribution in [2.75, 3.05) is 39.5 Å². The Morgan fingerprint density at radius 2 is 2.04 bits per heavy atom. The second-order valence-electron chi connectivity index (χ2n) is 8.20. The van der Waals surface area contributed by atoms with Gasteiger partial charge in [0, 0.05) is 61.2 Å². The van der Waals surface area contributed by atoms with Crippen LogP contribution >= 0.6 is 11.6 Å². The zero-order valence-corrected chi connectivity index (χ0v) is 17.3. The number of aliphatic hydroxyl groups is 1. The minimum atomic E-state index is -3.34. The van der Waals surface area contributed by atoms with Crippen molar-refractivity contribution in [2.24, 2.45) is 5.92 Å². The van der Waals surface area contributed by atoms with Crippen LogP contribution in [0.2, 0.25) is 5.02 Å². The highest BCUT2D eigenvalue weighted by molar-refractivity contribution is 7.89. The fourth-order valence-corrected chi connectivity index (χ4v) is 5.07. The molecule has 0 radical (unpaired) electrons. The summed E-state index contributed by atoms with van der Waals surface area (Å²) in [4.78, 5) is 2.07. The molecule has 8 heteroatoms. The van der Waals surface area contributed by atoms with Gasteiger partial charge in [-0.2, -0.15) is 0 Å². The molecule has 6 nitrogen and oxygen atoms in total. The Bertz CT molecular complexity index is 795. The summed E-state index contributed by atoms with van der Waals surface area (Å²) in [6.45, 7) is 6.41. The number of likely N-dealkylation sites (tertiary alicyclic amines) is 1. The van der Waals surface area contributed by atoms with Crippen molar-refractivity contribution in [1.29, 1.82) is 0 Å². The number of benzene rings is 1. The van der Waals surface area contributed by atoms with E-state index in [1.54, 1.807) is 0 Å². The van der Waals surface area contributed by atoms with Crippen molar-refractivity contribution in [3.05, 3.63) is 28.3 Å². The number of aliphatic hydroxyl groups excluding tert-OH is 1. The van der Waals surface area contributed by atoms with Crippen LogP contribution in [-0.4, -0.2) is 68.4 Å². The molecule has 146 valence electrons. The van der Waals surface area contributed by atoms with Gasteiger partial charge in [-0.05, 0) is 12.1 Å². The van der Waals surface area contributed by atoms with E-state index < -0.39 is 16.1 Å². The predicted octanol–water partition coefficient (Wildman–Crippen LogP) is 1.69. The molecule has 0 aromatic heterocycles. The third-order valence-electron chi connectivity index (χ3n) is 5.29. The van der Waals surface area contributed by atoms with Crippen LogP contribution in [-0.2, 0) is 22.0 Å². The van der Waals surface area contributed by atoms with E-state index in [1.165, 1.54) is 18.4 Å². The van der Waals surface area contributed by atoms with Crippen LogP contribution in [0.15, 0.2) is 12.1 Å². The number of hydrogen-bond donors (Lipinski definition) is 1. The lowest BCUT2D eigenvalue weighted by Crippen LogP contribution is -2.33. The Hall–Kier alpha value is -0.860. The van der Waals surface area contributed by atoms with E-state index in [9.17, 15) is 13.5 Å². The third kappa shape index (κ3) is 3.87. The SMILES string of the molecule is CN(C)S(=O)(=O)C[C@@H]1CN(Cc2cc(Cl)cc3c2OCC3(C)C)C[C@H]1O. The van der Waals surface area contributed by atoms with Gasteiger partial charge in [0.05, 0.1) is 18.5 Å². The first-order chi connectivity index (χ1) is 12.0. The summed E-state index contributed by atoms with van der Waals surface area (Å²) < 4.78 is 31.4. The molecule has 2 atom stereocenters. The summed E-state index contributed by atoms with van der Waals surface area (Å²) in [5.74, 6) is 0.528. The molecule has 1 fully saturated rings. The second-order valence-corrected chi connectivity index (χ2v) is 10.9. The number of rotatable bonds is 5. The largest absolute Gasteiger partial charge is 0.492 e. The minimum absolute atomic E-state index is 0.0468. The summed E-state index contributed by atoms with van der Waals surface area (Å²) in [5.41, 5.74) is 2.01. The van der Waals surface area contributed by atoms with Gasteiger partial charge in [0.15, 0.2) is 0 Å². The highest BCUT2D eigenvalue weighted by atomic mass is 35.5. The predicted molar refractivity (Wildman–Crippen MR) is 102 cm³/mol. The monoisotopic (exact) mass is 402 g/mol. The normalized spacial score (nSPS) is 25.5. The average molecular weight is 403 g/mol. The fourth-order valence-electron chi connectivity index (χ4n) is 3.67. The average Bonchev–Trinajstić information content (AvgIpc) is 2.99. The number of fused-ring (bicyclic) bond motifs is 1. The van der Waals surface area contributed by atoms with Gasteiger partial charge in [0.25, 0.3) is 0 Å². The first kappa shape index (κ1) is 19.9. The molecule has 0 aliphatic carbocycles. The maximum absolute atomic E-state index is 12.1. The Balaban J connectivity index is 1.76. The van der Waals surface area contributed by atoms with E-state index in [1.807, 2.05) is 12.1 Å². The Labute approximate surface area is 160 Å². The third-order valence-corrected chi connectivity index (χ3v) is 7.47. The molecule has 0 amide bonds. The summed E-state index contributed by atoms with van der Waals surface area (Å²) in [5, 5.41) is 11.0. The molecular weight excluding hydrogens is 376 g/mol. The molecule has 26 heavy (non-hydrogen) atoms.